The van der Waals surface area contributed by atoms with Crippen molar-refractivity contribution >= 4 is 21.5 Å². The maximum atomic E-state index is 11.9. The molecule has 0 unspecified atom stereocenters. The Morgan fingerprint density at radius 2 is 0.712 bits per heavy atom. The zero-order valence-electron chi connectivity index (χ0n) is 28.8. The molecule has 8 aromatic rings. The summed E-state index contributed by atoms with van der Waals surface area (Å²) in [7, 11) is 0. The van der Waals surface area contributed by atoms with Crippen molar-refractivity contribution in [2.45, 2.75) is 25.2 Å². The summed E-state index contributed by atoms with van der Waals surface area (Å²) in [6.45, 7) is 0.862. The van der Waals surface area contributed by atoms with Gasteiger partial charge in [-0.1, -0.05) is 170 Å². The molecule has 0 heterocycles. The van der Waals surface area contributed by atoms with Crippen LogP contribution in [0.15, 0.2) is 182 Å². The van der Waals surface area contributed by atoms with Crippen LogP contribution >= 0.6 is 0 Å². The molecular weight excluding hydrogens is 637 g/mol. The summed E-state index contributed by atoms with van der Waals surface area (Å²) in [5.74, 6) is 0.561. The van der Waals surface area contributed by atoms with E-state index in [1.807, 2.05) is 97.1 Å². The highest BCUT2D eigenvalue weighted by atomic mass is 16.3. The molecule has 254 valence electrons. The number of phenolic OH excluding ortho intramolecular Hbond substituents is 2. The summed E-state index contributed by atoms with van der Waals surface area (Å²) < 4.78 is 0. The second-order valence-electron chi connectivity index (χ2n) is 13.2. The van der Waals surface area contributed by atoms with E-state index in [2.05, 4.69) is 95.6 Å². The first-order valence-corrected chi connectivity index (χ1v) is 17.8. The fourth-order valence-corrected chi connectivity index (χ4v) is 7.47. The zero-order valence-corrected chi connectivity index (χ0v) is 28.8. The molecule has 4 heteroatoms. The highest BCUT2D eigenvalue weighted by Gasteiger charge is 2.26. The van der Waals surface area contributed by atoms with Gasteiger partial charge >= 0.3 is 0 Å². The molecule has 0 aliphatic carbocycles. The van der Waals surface area contributed by atoms with E-state index in [0.29, 0.717) is 13.1 Å². The highest BCUT2D eigenvalue weighted by Crippen LogP contribution is 2.42. The van der Waals surface area contributed by atoms with Gasteiger partial charge in [-0.15, -0.1) is 0 Å². The molecule has 4 N–H and O–H groups in total. The van der Waals surface area contributed by atoms with Crippen LogP contribution in [0.2, 0.25) is 0 Å². The molecule has 0 amide bonds. The second-order valence-corrected chi connectivity index (χ2v) is 13.2. The molecule has 4 nitrogen and oxygen atoms in total. The number of benzene rings is 8. The minimum Gasteiger partial charge on any atom is -0.507 e. The Balaban J connectivity index is 1.18. The first-order chi connectivity index (χ1) is 25.7. The number of hydrogen-bond acceptors (Lipinski definition) is 4. The lowest BCUT2D eigenvalue weighted by Gasteiger charge is -2.31. The normalized spacial score (nSPS) is 12.5. The van der Waals surface area contributed by atoms with Crippen LogP contribution in [0.4, 0.5) is 0 Å². The number of nitrogens with one attached hydrogen (secondary N) is 2. The van der Waals surface area contributed by atoms with Crippen LogP contribution in [0, 0.1) is 0 Å². The third-order valence-electron chi connectivity index (χ3n) is 10.0. The molecular formula is C48H40N2O2. The van der Waals surface area contributed by atoms with Crippen LogP contribution in [0.1, 0.15) is 34.3 Å². The summed E-state index contributed by atoms with van der Waals surface area (Å²) in [5, 5.41) is 35.7. The van der Waals surface area contributed by atoms with Crippen molar-refractivity contribution in [3.05, 3.63) is 204 Å². The van der Waals surface area contributed by atoms with E-state index in [0.717, 1.165) is 66.1 Å². The lowest BCUT2D eigenvalue weighted by molar-refractivity contribution is 0.373. The van der Waals surface area contributed by atoms with Crippen molar-refractivity contribution in [2.24, 2.45) is 0 Å². The Morgan fingerprint density at radius 3 is 1.10 bits per heavy atom. The van der Waals surface area contributed by atoms with Crippen molar-refractivity contribution in [2.75, 3.05) is 0 Å². The molecule has 0 radical (unpaired) electrons. The van der Waals surface area contributed by atoms with Gasteiger partial charge in [-0.25, -0.2) is 0 Å². The Morgan fingerprint density at radius 1 is 0.385 bits per heavy atom. The van der Waals surface area contributed by atoms with E-state index >= 15 is 0 Å². The number of hydrogen-bond donors (Lipinski definition) is 4. The molecule has 0 fully saturated rings. The first kappa shape index (κ1) is 33.0. The van der Waals surface area contributed by atoms with Gasteiger partial charge < -0.3 is 20.8 Å². The van der Waals surface area contributed by atoms with Crippen molar-refractivity contribution in [3.8, 4) is 33.8 Å². The molecule has 2 atom stereocenters. The molecule has 52 heavy (non-hydrogen) atoms. The van der Waals surface area contributed by atoms with Gasteiger partial charge in [0.2, 0.25) is 0 Å². The molecule has 0 aliphatic rings. The summed E-state index contributed by atoms with van der Waals surface area (Å²) >= 11 is 0. The third kappa shape index (κ3) is 6.66. The van der Waals surface area contributed by atoms with Crippen LogP contribution in [-0.2, 0) is 13.1 Å². The topological polar surface area (TPSA) is 64.5 Å². The fourth-order valence-electron chi connectivity index (χ4n) is 7.47. The van der Waals surface area contributed by atoms with Gasteiger partial charge in [0.15, 0.2) is 0 Å². The van der Waals surface area contributed by atoms with Gasteiger partial charge in [0.05, 0.1) is 12.1 Å². The fraction of sp³-hybridized carbons (Fsp3) is 0.0833. The summed E-state index contributed by atoms with van der Waals surface area (Å²) in [5.41, 5.74) is 7.50. The van der Waals surface area contributed by atoms with Gasteiger partial charge in [-0.2, -0.15) is 0 Å². The third-order valence-corrected chi connectivity index (χ3v) is 10.0. The molecule has 0 bridgehead atoms. The maximum Gasteiger partial charge on any atom is 0.128 e. The molecule has 0 spiro atoms. The highest BCUT2D eigenvalue weighted by molar-refractivity contribution is 6.01. The minimum absolute atomic E-state index is 0.189. The quantitative estimate of drug-likeness (QED) is 0.110. The Kier molecular flexibility index (Phi) is 9.49. The van der Waals surface area contributed by atoms with Crippen LogP contribution in [0.25, 0.3) is 43.8 Å². The standard InChI is InChI=1S/C48H40N2O2/c51-47-39(29-37-25-13-15-27-41(37)43(47)33-17-5-1-6-18-33)31-49-45(35-21-9-3-10-22-35)46(36-23-11-4-12-24-36)50-32-40-30-38-26-14-16-28-42(38)44(48(40)52)34-19-7-2-8-20-34/h1-30,45-46,49-52H,31-32H2/t45-,46-/m1/s1. The predicted molar refractivity (Wildman–Crippen MR) is 214 cm³/mol. The van der Waals surface area contributed by atoms with E-state index in [9.17, 15) is 10.2 Å². The molecule has 8 aromatic carbocycles. The van der Waals surface area contributed by atoms with E-state index < -0.39 is 0 Å². The second kappa shape index (κ2) is 15.0. The number of fused-ring (bicyclic) bond motifs is 2. The van der Waals surface area contributed by atoms with E-state index in [-0.39, 0.29) is 23.6 Å². The van der Waals surface area contributed by atoms with E-state index in [1.165, 1.54) is 0 Å². The number of aromatic hydroxyl groups is 2. The zero-order chi connectivity index (χ0) is 35.3. The Hall–Kier alpha value is -6.20. The van der Waals surface area contributed by atoms with Crippen LogP contribution < -0.4 is 10.6 Å². The predicted octanol–water partition coefficient (Wildman–Crippen LogP) is 11.1. The van der Waals surface area contributed by atoms with Crippen LogP contribution in [0.5, 0.6) is 11.5 Å². The summed E-state index contributed by atoms with van der Waals surface area (Å²) in [6, 6.07) is 61.4. The van der Waals surface area contributed by atoms with Gasteiger partial charge in [0.1, 0.15) is 11.5 Å². The van der Waals surface area contributed by atoms with Crippen molar-refractivity contribution in [1.82, 2.24) is 10.6 Å². The lowest BCUT2D eigenvalue weighted by atomic mass is 9.91. The van der Waals surface area contributed by atoms with Gasteiger partial charge in [-0.05, 0) is 55.9 Å². The molecule has 0 aliphatic heterocycles. The first-order valence-electron chi connectivity index (χ1n) is 17.8. The SMILES string of the molecule is Oc1c(CN[C@H](c2ccccc2)[C@H](NCc2cc3ccccc3c(-c3ccccc3)c2O)c2ccccc2)cc2ccccc2c1-c1ccccc1. The number of rotatable bonds is 11. The van der Waals surface area contributed by atoms with Gasteiger partial charge in [0.25, 0.3) is 0 Å². The Labute approximate surface area is 304 Å². The van der Waals surface area contributed by atoms with Crippen molar-refractivity contribution in [3.63, 3.8) is 0 Å². The maximum absolute atomic E-state index is 11.9. The molecule has 8 rings (SSSR count). The van der Waals surface area contributed by atoms with Gasteiger partial charge in [-0.3, -0.25) is 0 Å². The molecule has 0 saturated carbocycles. The summed E-state index contributed by atoms with van der Waals surface area (Å²) in [6.07, 6.45) is 0. The Bertz CT molecular complexity index is 2260. The molecule has 0 saturated heterocycles. The average Bonchev–Trinajstić information content (AvgIpc) is 3.20. The van der Waals surface area contributed by atoms with Gasteiger partial charge in [0, 0.05) is 35.3 Å². The van der Waals surface area contributed by atoms with E-state index in [1.54, 1.807) is 0 Å². The van der Waals surface area contributed by atoms with Crippen LogP contribution in [-0.4, -0.2) is 10.2 Å². The summed E-state index contributed by atoms with van der Waals surface area (Å²) in [4.78, 5) is 0. The average molecular weight is 677 g/mol. The molecule has 0 aromatic heterocycles. The lowest BCUT2D eigenvalue weighted by Crippen LogP contribution is -2.35. The van der Waals surface area contributed by atoms with E-state index in [4.69, 9.17) is 0 Å². The van der Waals surface area contributed by atoms with Crippen molar-refractivity contribution < 1.29 is 10.2 Å². The minimum atomic E-state index is -0.189. The smallest absolute Gasteiger partial charge is 0.128 e. The monoisotopic (exact) mass is 676 g/mol. The number of phenols is 2. The largest absolute Gasteiger partial charge is 0.507 e. The van der Waals surface area contributed by atoms with Crippen LogP contribution in [0.3, 0.4) is 0 Å². The van der Waals surface area contributed by atoms with Crippen molar-refractivity contribution in [1.29, 1.82) is 0 Å².